The molecule has 6 nitrogen and oxygen atoms in total. The number of hydrogen-bond acceptors (Lipinski definition) is 3. The lowest BCUT2D eigenvalue weighted by Crippen LogP contribution is -2.34. The number of carboxylic acid groups (broad SMARTS) is 1. The Balaban J connectivity index is 2.46. The van der Waals surface area contributed by atoms with E-state index in [0.29, 0.717) is 24.1 Å². The molecule has 0 saturated heterocycles. The summed E-state index contributed by atoms with van der Waals surface area (Å²) in [5, 5.41) is 8.83. The van der Waals surface area contributed by atoms with Crippen molar-refractivity contribution in [1.82, 2.24) is 9.97 Å². The van der Waals surface area contributed by atoms with E-state index in [4.69, 9.17) is 5.11 Å². The van der Waals surface area contributed by atoms with Crippen LogP contribution in [0.15, 0.2) is 9.59 Å². The van der Waals surface area contributed by atoms with Crippen LogP contribution in [0.25, 0.3) is 0 Å². The SMILES string of the molecule is O=C(O)C1CCc2[nH]c(=O)[nH]c(=O)c2C1. The molecule has 1 aliphatic carbocycles. The van der Waals surface area contributed by atoms with E-state index in [2.05, 4.69) is 9.97 Å². The van der Waals surface area contributed by atoms with Gasteiger partial charge in [0.1, 0.15) is 0 Å². The third-order valence-corrected chi connectivity index (χ3v) is 2.67. The van der Waals surface area contributed by atoms with Crippen molar-refractivity contribution < 1.29 is 9.90 Å². The largest absolute Gasteiger partial charge is 0.481 e. The highest BCUT2D eigenvalue weighted by Gasteiger charge is 2.26. The van der Waals surface area contributed by atoms with E-state index in [1.807, 2.05) is 0 Å². The van der Waals surface area contributed by atoms with Gasteiger partial charge in [-0.25, -0.2) is 4.79 Å². The van der Waals surface area contributed by atoms with E-state index in [1.54, 1.807) is 0 Å². The van der Waals surface area contributed by atoms with E-state index in [0.717, 1.165) is 0 Å². The third-order valence-electron chi connectivity index (χ3n) is 2.67. The van der Waals surface area contributed by atoms with Crippen molar-refractivity contribution in [2.75, 3.05) is 0 Å². The number of rotatable bonds is 1. The molecule has 1 aliphatic rings. The maximum Gasteiger partial charge on any atom is 0.325 e. The van der Waals surface area contributed by atoms with Crippen molar-refractivity contribution in [3.8, 4) is 0 Å². The van der Waals surface area contributed by atoms with Crippen molar-refractivity contribution >= 4 is 5.97 Å². The molecule has 1 unspecified atom stereocenters. The minimum Gasteiger partial charge on any atom is -0.481 e. The molecule has 0 saturated carbocycles. The van der Waals surface area contributed by atoms with Gasteiger partial charge in [0.15, 0.2) is 0 Å². The van der Waals surface area contributed by atoms with E-state index < -0.39 is 23.1 Å². The van der Waals surface area contributed by atoms with Gasteiger partial charge >= 0.3 is 11.7 Å². The van der Waals surface area contributed by atoms with Gasteiger partial charge in [0.2, 0.25) is 0 Å². The molecule has 1 atom stereocenters. The molecular formula is C9H10N2O4. The first-order chi connectivity index (χ1) is 7.08. The van der Waals surface area contributed by atoms with E-state index in [9.17, 15) is 14.4 Å². The molecule has 1 aromatic rings. The number of aromatic amines is 2. The Bertz CT molecular complexity index is 514. The second-order valence-corrected chi connectivity index (χ2v) is 3.64. The summed E-state index contributed by atoms with van der Waals surface area (Å²) >= 11 is 0. The van der Waals surface area contributed by atoms with Crippen molar-refractivity contribution in [1.29, 1.82) is 0 Å². The molecule has 0 spiro atoms. The van der Waals surface area contributed by atoms with Crippen LogP contribution < -0.4 is 11.2 Å². The molecule has 0 fully saturated rings. The lowest BCUT2D eigenvalue weighted by molar-refractivity contribution is -0.142. The van der Waals surface area contributed by atoms with Gasteiger partial charge in [0, 0.05) is 11.3 Å². The quantitative estimate of drug-likeness (QED) is 0.567. The monoisotopic (exact) mass is 210 g/mol. The summed E-state index contributed by atoms with van der Waals surface area (Å²) in [4.78, 5) is 37.7. The summed E-state index contributed by atoms with van der Waals surface area (Å²) in [5.41, 5.74) is -0.0401. The number of hydrogen-bond donors (Lipinski definition) is 3. The summed E-state index contributed by atoms with van der Waals surface area (Å²) in [7, 11) is 0. The van der Waals surface area contributed by atoms with Crippen LogP contribution in [0.5, 0.6) is 0 Å². The smallest absolute Gasteiger partial charge is 0.325 e. The van der Waals surface area contributed by atoms with Crippen LogP contribution in [0.4, 0.5) is 0 Å². The molecule has 0 bridgehead atoms. The summed E-state index contributed by atoms with van der Waals surface area (Å²) < 4.78 is 0. The fourth-order valence-corrected chi connectivity index (χ4v) is 1.87. The Hall–Kier alpha value is -1.85. The predicted octanol–water partition coefficient (Wildman–Crippen LogP) is -0.747. The first-order valence-corrected chi connectivity index (χ1v) is 4.65. The zero-order chi connectivity index (χ0) is 11.0. The normalized spacial score (nSPS) is 19.6. The van der Waals surface area contributed by atoms with E-state index in [-0.39, 0.29) is 6.42 Å². The van der Waals surface area contributed by atoms with Crippen LogP contribution in [-0.4, -0.2) is 21.0 Å². The molecule has 15 heavy (non-hydrogen) atoms. The third kappa shape index (κ3) is 1.70. The fourth-order valence-electron chi connectivity index (χ4n) is 1.87. The minimum absolute atomic E-state index is 0.191. The highest BCUT2D eigenvalue weighted by Crippen LogP contribution is 2.20. The van der Waals surface area contributed by atoms with Crippen molar-refractivity contribution in [3.05, 3.63) is 32.1 Å². The Morgan fingerprint density at radius 1 is 1.33 bits per heavy atom. The lowest BCUT2D eigenvalue weighted by Gasteiger charge is -2.19. The topological polar surface area (TPSA) is 103 Å². The van der Waals surface area contributed by atoms with Crippen LogP contribution >= 0.6 is 0 Å². The molecule has 0 amide bonds. The molecule has 3 N–H and O–H groups in total. The summed E-state index contributed by atoms with van der Waals surface area (Å²) in [5.74, 6) is -1.42. The predicted molar refractivity (Wildman–Crippen MR) is 50.8 cm³/mol. The molecule has 0 aromatic carbocycles. The molecule has 1 aromatic heterocycles. The second kappa shape index (κ2) is 3.38. The van der Waals surface area contributed by atoms with Crippen molar-refractivity contribution in [3.63, 3.8) is 0 Å². The van der Waals surface area contributed by atoms with Gasteiger partial charge in [0.05, 0.1) is 5.92 Å². The zero-order valence-corrected chi connectivity index (χ0v) is 7.87. The second-order valence-electron chi connectivity index (χ2n) is 3.64. The number of carbonyl (C=O) groups is 1. The number of H-pyrrole nitrogens is 2. The van der Waals surface area contributed by atoms with Crippen LogP contribution in [0.3, 0.4) is 0 Å². The molecular weight excluding hydrogens is 200 g/mol. The average molecular weight is 210 g/mol. The van der Waals surface area contributed by atoms with Gasteiger partial charge in [-0.3, -0.25) is 14.6 Å². The molecule has 2 rings (SSSR count). The average Bonchev–Trinajstić information content (AvgIpc) is 2.16. The number of carboxylic acids is 1. The van der Waals surface area contributed by atoms with Gasteiger partial charge in [-0.2, -0.15) is 0 Å². The summed E-state index contributed by atoms with van der Waals surface area (Å²) in [6.07, 6.45) is 1.09. The van der Waals surface area contributed by atoms with Gasteiger partial charge in [-0.05, 0) is 19.3 Å². The molecule has 0 aliphatic heterocycles. The van der Waals surface area contributed by atoms with Crippen LogP contribution in [0.2, 0.25) is 0 Å². The number of aryl methyl sites for hydroxylation is 1. The van der Waals surface area contributed by atoms with E-state index >= 15 is 0 Å². The number of aromatic nitrogens is 2. The zero-order valence-electron chi connectivity index (χ0n) is 7.87. The van der Waals surface area contributed by atoms with Gasteiger partial charge in [0.25, 0.3) is 5.56 Å². The van der Waals surface area contributed by atoms with Crippen LogP contribution in [0.1, 0.15) is 17.7 Å². The van der Waals surface area contributed by atoms with Gasteiger partial charge < -0.3 is 10.1 Å². The number of nitrogens with one attached hydrogen (secondary N) is 2. The molecule has 0 radical (unpaired) electrons. The Labute approximate surface area is 84.0 Å². The lowest BCUT2D eigenvalue weighted by atomic mass is 9.87. The van der Waals surface area contributed by atoms with Crippen molar-refractivity contribution in [2.45, 2.75) is 19.3 Å². The molecule has 1 heterocycles. The van der Waals surface area contributed by atoms with E-state index in [1.165, 1.54) is 0 Å². The first-order valence-electron chi connectivity index (χ1n) is 4.65. The van der Waals surface area contributed by atoms with Gasteiger partial charge in [-0.1, -0.05) is 0 Å². The van der Waals surface area contributed by atoms with Crippen molar-refractivity contribution in [2.24, 2.45) is 5.92 Å². The summed E-state index contributed by atoms with van der Waals surface area (Å²) in [6.45, 7) is 0. The minimum atomic E-state index is -0.897. The van der Waals surface area contributed by atoms with Crippen LogP contribution in [0, 0.1) is 5.92 Å². The highest BCUT2D eigenvalue weighted by atomic mass is 16.4. The fraction of sp³-hybridized carbons (Fsp3) is 0.444. The number of aliphatic carboxylic acids is 1. The summed E-state index contributed by atoms with van der Waals surface area (Å²) in [6, 6.07) is 0. The van der Waals surface area contributed by atoms with Crippen LogP contribution in [-0.2, 0) is 17.6 Å². The Kier molecular flexibility index (Phi) is 2.18. The number of fused-ring (bicyclic) bond motifs is 1. The van der Waals surface area contributed by atoms with Gasteiger partial charge in [-0.15, -0.1) is 0 Å². The molecule has 6 heteroatoms. The Morgan fingerprint density at radius 2 is 2.07 bits per heavy atom. The Morgan fingerprint density at radius 3 is 2.73 bits per heavy atom. The maximum atomic E-state index is 11.4. The standard InChI is InChI=1S/C9H10N2O4/c12-7-5-3-4(8(13)14)1-2-6(5)10-9(15)11-7/h4H,1-3H2,(H,13,14)(H2,10,11,12,15). The highest BCUT2D eigenvalue weighted by molar-refractivity contribution is 5.70. The first kappa shape index (κ1) is 9.70. The maximum absolute atomic E-state index is 11.4. The molecule has 80 valence electrons.